The minimum atomic E-state index is 0.466. The predicted molar refractivity (Wildman–Crippen MR) is 61.0 cm³/mol. The Balaban J connectivity index is 1.99. The van der Waals surface area contributed by atoms with Gasteiger partial charge in [0, 0.05) is 36.6 Å². The van der Waals surface area contributed by atoms with Crippen molar-refractivity contribution in [1.29, 1.82) is 0 Å². The monoisotopic (exact) mass is 206 g/mol. The van der Waals surface area contributed by atoms with Crippen molar-refractivity contribution in [2.24, 2.45) is 5.92 Å². The van der Waals surface area contributed by atoms with Crippen molar-refractivity contribution in [3.05, 3.63) is 24.0 Å². The fourth-order valence-corrected chi connectivity index (χ4v) is 1.95. The Morgan fingerprint density at radius 3 is 3.13 bits per heavy atom. The van der Waals surface area contributed by atoms with Gasteiger partial charge in [-0.3, -0.25) is 4.98 Å². The van der Waals surface area contributed by atoms with Crippen LogP contribution in [0.3, 0.4) is 0 Å². The minimum absolute atomic E-state index is 0.466. The number of anilines is 1. The highest BCUT2D eigenvalue weighted by Crippen LogP contribution is 2.21. The van der Waals surface area contributed by atoms with Crippen LogP contribution in [0.4, 0.5) is 5.69 Å². The van der Waals surface area contributed by atoms with E-state index in [0.29, 0.717) is 12.0 Å². The predicted octanol–water partition coefficient (Wildman–Crippen LogP) is 2.23. The largest absolute Gasteiger partial charge is 0.382 e. The van der Waals surface area contributed by atoms with E-state index in [1.54, 1.807) is 0 Å². The van der Waals surface area contributed by atoms with E-state index in [0.717, 1.165) is 19.6 Å². The Hall–Kier alpha value is -1.09. The first-order chi connectivity index (χ1) is 7.27. The van der Waals surface area contributed by atoms with Gasteiger partial charge in [0.2, 0.25) is 0 Å². The lowest BCUT2D eigenvalue weighted by Gasteiger charge is -2.21. The summed E-state index contributed by atoms with van der Waals surface area (Å²) < 4.78 is 5.39. The molecule has 0 radical (unpaired) electrons. The van der Waals surface area contributed by atoms with Crippen LogP contribution in [0.2, 0.25) is 0 Å². The van der Waals surface area contributed by atoms with Crippen molar-refractivity contribution >= 4 is 5.69 Å². The zero-order chi connectivity index (χ0) is 10.7. The summed E-state index contributed by atoms with van der Waals surface area (Å²) in [6.07, 6.45) is 4.88. The highest BCUT2D eigenvalue weighted by molar-refractivity contribution is 5.49. The van der Waals surface area contributed by atoms with Gasteiger partial charge in [0.25, 0.3) is 0 Å². The van der Waals surface area contributed by atoms with E-state index in [2.05, 4.69) is 24.1 Å². The van der Waals surface area contributed by atoms with E-state index in [9.17, 15) is 0 Å². The minimum Gasteiger partial charge on any atom is -0.382 e. The molecular formula is C12H18N2O. The van der Waals surface area contributed by atoms with Crippen LogP contribution in [0.15, 0.2) is 18.5 Å². The Morgan fingerprint density at radius 2 is 2.47 bits per heavy atom. The lowest BCUT2D eigenvalue weighted by Crippen LogP contribution is -2.26. The van der Waals surface area contributed by atoms with Gasteiger partial charge in [-0.1, -0.05) is 0 Å². The molecule has 0 aromatic carbocycles. The van der Waals surface area contributed by atoms with Crippen LogP contribution in [0.5, 0.6) is 0 Å². The Bertz CT molecular complexity index is 321. The Kier molecular flexibility index (Phi) is 3.21. The molecule has 1 aromatic rings. The average Bonchev–Trinajstić information content (AvgIpc) is 2.74. The maximum absolute atomic E-state index is 5.39. The molecule has 82 valence electrons. The van der Waals surface area contributed by atoms with E-state index in [-0.39, 0.29) is 0 Å². The SMILES string of the molecule is Cc1cnccc1NC(C)C1CCOC1. The normalized spacial score (nSPS) is 22.7. The fourth-order valence-electron chi connectivity index (χ4n) is 1.95. The molecule has 2 heterocycles. The van der Waals surface area contributed by atoms with E-state index in [4.69, 9.17) is 4.74 Å². The van der Waals surface area contributed by atoms with Gasteiger partial charge in [-0.25, -0.2) is 0 Å². The van der Waals surface area contributed by atoms with Gasteiger partial charge in [-0.05, 0) is 31.9 Å². The third-order valence-electron chi connectivity index (χ3n) is 3.08. The highest BCUT2D eigenvalue weighted by atomic mass is 16.5. The van der Waals surface area contributed by atoms with Gasteiger partial charge in [0.15, 0.2) is 0 Å². The van der Waals surface area contributed by atoms with Gasteiger partial charge in [-0.15, -0.1) is 0 Å². The zero-order valence-electron chi connectivity index (χ0n) is 9.36. The topological polar surface area (TPSA) is 34.2 Å². The third kappa shape index (κ3) is 2.48. The molecule has 1 saturated heterocycles. The number of aryl methyl sites for hydroxylation is 1. The molecule has 2 atom stereocenters. The van der Waals surface area contributed by atoms with E-state index < -0.39 is 0 Å². The molecule has 0 bridgehead atoms. The van der Waals surface area contributed by atoms with E-state index >= 15 is 0 Å². The van der Waals surface area contributed by atoms with Crippen LogP contribution >= 0.6 is 0 Å². The molecule has 3 heteroatoms. The van der Waals surface area contributed by atoms with Crippen molar-refractivity contribution in [3.63, 3.8) is 0 Å². The van der Waals surface area contributed by atoms with Crippen molar-refractivity contribution in [3.8, 4) is 0 Å². The average molecular weight is 206 g/mol. The number of hydrogen-bond donors (Lipinski definition) is 1. The third-order valence-corrected chi connectivity index (χ3v) is 3.08. The van der Waals surface area contributed by atoms with Crippen molar-refractivity contribution in [1.82, 2.24) is 4.98 Å². The number of pyridine rings is 1. The van der Waals surface area contributed by atoms with Crippen LogP contribution in [-0.2, 0) is 4.74 Å². The number of nitrogens with zero attached hydrogens (tertiary/aromatic N) is 1. The quantitative estimate of drug-likeness (QED) is 0.823. The second kappa shape index (κ2) is 4.62. The first kappa shape index (κ1) is 10.4. The number of nitrogens with one attached hydrogen (secondary N) is 1. The van der Waals surface area contributed by atoms with Crippen LogP contribution in [0.25, 0.3) is 0 Å². The van der Waals surface area contributed by atoms with Crippen LogP contribution in [0, 0.1) is 12.8 Å². The van der Waals surface area contributed by atoms with Crippen LogP contribution in [0.1, 0.15) is 18.9 Å². The summed E-state index contributed by atoms with van der Waals surface area (Å²) >= 11 is 0. The van der Waals surface area contributed by atoms with Crippen molar-refractivity contribution < 1.29 is 4.74 Å². The summed E-state index contributed by atoms with van der Waals surface area (Å²) in [5.41, 5.74) is 2.38. The molecule has 2 unspecified atom stereocenters. The van der Waals surface area contributed by atoms with Crippen molar-refractivity contribution in [2.75, 3.05) is 18.5 Å². The van der Waals surface area contributed by atoms with Crippen LogP contribution < -0.4 is 5.32 Å². The molecule has 1 aliphatic rings. The van der Waals surface area contributed by atoms with Crippen LogP contribution in [-0.4, -0.2) is 24.2 Å². The molecule has 0 aliphatic carbocycles. The summed E-state index contributed by atoms with van der Waals surface area (Å²) in [5.74, 6) is 0.637. The number of hydrogen-bond acceptors (Lipinski definition) is 3. The standard InChI is InChI=1S/C12H18N2O/c1-9-7-13-5-3-12(9)14-10(2)11-4-6-15-8-11/h3,5,7,10-11H,4,6,8H2,1-2H3,(H,13,14). The van der Waals surface area contributed by atoms with Gasteiger partial charge in [-0.2, -0.15) is 0 Å². The number of aromatic nitrogens is 1. The smallest absolute Gasteiger partial charge is 0.0514 e. The van der Waals surface area contributed by atoms with Gasteiger partial charge >= 0.3 is 0 Å². The molecular weight excluding hydrogens is 188 g/mol. The second-order valence-corrected chi connectivity index (χ2v) is 4.25. The second-order valence-electron chi connectivity index (χ2n) is 4.25. The number of ether oxygens (including phenoxy) is 1. The van der Waals surface area contributed by atoms with Crippen molar-refractivity contribution in [2.45, 2.75) is 26.3 Å². The molecule has 2 rings (SSSR count). The molecule has 0 saturated carbocycles. The molecule has 3 nitrogen and oxygen atoms in total. The summed E-state index contributed by atoms with van der Waals surface area (Å²) in [4.78, 5) is 4.09. The molecule has 0 spiro atoms. The molecule has 0 amide bonds. The fraction of sp³-hybridized carbons (Fsp3) is 0.583. The Morgan fingerprint density at radius 1 is 1.60 bits per heavy atom. The first-order valence-corrected chi connectivity index (χ1v) is 5.52. The van der Waals surface area contributed by atoms with Gasteiger partial charge in [0.1, 0.15) is 0 Å². The first-order valence-electron chi connectivity index (χ1n) is 5.52. The Labute approximate surface area is 90.9 Å². The molecule has 1 N–H and O–H groups in total. The lowest BCUT2D eigenvalue weighted by molar-refractivity contribution is 0.183. The summed E-state index contributed by atoms with van der Waals surface area (Å²) in [6.45, 7) is 6.09. The summed E-state index contributed by atoms with van der Waals surface area (Å²) in [6, 6.07) is 2.50. The zero-order valence-corrected chi connectivity index (χ0v) is 9.36. The van der Waals surface area contributed by atoms with E-state index in [1.165, 1.54) is 11.3 Å². The lowest BCUT2D eigenvalue weighted by atomic mass is 10.0. The molecule has 1 aromatic heterocycles. The molecule has 1 aliphatic heterocycles. The van der Waals surface area contributed by atoms with E-state index in [1.807, 2.05) is 18.5 Å². The summed E-state index contributed by atoms with van der Waals surface area (Å²) in [5, 5.41) is 3.53. The summed E-state index contributed by atoms with van der Waals surface area (Å²) in [7, 11) is 0. The number of rotatable bonds is 3. The maximum Gasteiger partial charge on any atom is 0.0514 e. The highest BCUT2D eigenvalue weighted by Gasteiger charge is 2.22. The van der Waals surface area contributed by atoms with Gasteiger partial charge < -0.3 is 10.1 Å². The molecule has 1 fully saturated rings. The molecule has 15 heavy (non-hydrogen) atoms. The van der Waals surface area contributed by atoms with Gasteiger partial charge in [0.05, 0.1) is 6.61 Å². The maximum atomic E-state index is 5.39.